The molecule has 0 aromatic carbocycles. The summed E-state index contributed by atoms with van der Waals surface area (Å²) in [7, 11) is 0. The van der Waals surface area contributed by atoms with Crippen LogP contribution in [0.1, 0.15) is 20.3 Å². The van der Waals surface area contributed by atoms with E-state index in [9.17, 15) is 8.78 Å². The lowest BCUT2D eigenvalue weighted by Crippen LogP contribution is -2.21. The summed E-state index contributed by atoms with van der Waals surface area (Å²) in [6, 6.07) is 0. The lowest BCUT2D eigenvalue weighted by Gasteiger charge is -2.18. The average molecular weight is 151 g/mol. The van der Waals surface area contributed by atoms with Crippen molar-refractivity contribution in [2.45, 2.75) is 26.7 Å². The van der Waals surface area contributed by atoms with E-state index in [-0.39, 0.29) is 5.92 Å². The van der Waals surface area contributed by atoms with Crippen LogP contribution < -0.4 is 5.73 Å². The van der Waals surface area contributed by atoms with Crippen molar-refractivity contribution in [2.24, 2.45) is 17.6 Å². The third kappa shape index (κ3) is 3.11. The molecule has 0 aliphatic heterocycles. The summed E-state index contributed by atoms with van der Waals surface area (Å²) in [5.41, 5.74) is 5.17. The van der Waals surface area contributed by atoms with Gasteiger partial charge in [-0.05, 0) is 18.9 Å². The van der Waals surface area contributed by atoms with Gasteiger partial charge in [0.15, 0.2) is 0 Å². The van der Waals surface area contributed by atoms with Gasteiger partial charge in [0.2, 0.25) is 6.43 Å². The molecule has 0 aromatic rings. The maximum atomic E-state index is 12.1. The van der Waals surface area contributed by atoms with E-state index in [1.165, 1.54) is 0 Å². The third-order valence-corrected chi connectivity index (χ3v) is 1.68. The normalized spacial score (nSPS) is 14.7. The lowest BCUT2D eigenvalue weighted by atomic mass is 9.93. The van der Waals surface area contributed by atoms with Gasteiger partial charge in [0.25, 0.3) is 0 Å². The second kappa shape index (κ2) is 4.61. The van der Waals surface area contributed by atoms with Gasteiger partial charge in [0, 0.05) is 5.92 Å². The molecule has 1 unspecified atom stereocenters. The highest BCUT2D eigenvalue weighted by atomic mass is 19.3. The van der Waals surface area contributed by atoms with E-state index >= 15 is 0 Å². The van der Waals surface area contributed by atoms with E-state index in [4.69, 9.17) is 5.73 Å². The van der Waals surface area contributed by atoms with Crippen LogP contribution >= 0.6 is 0 Å². The first-order valence-corrected chi connectivity index (χ1v) is 3.57. The van der Waals surface area contributed by atoms with Gasteiger partial charge in [-0.15, -0.1) is 0 Å². The van der Waals surface area contributed by atoms with E-state index in [1.807, 2.05) is 0 Å². The first-order valence-electron chi connectivity index (χ1n) is 3.57. The maximum absolute atomic E-state index is 12.1. The predicted molar refractivity (Wildman–Crippen MR) is 38.0 cm³/mol. The standard InChI is InChI=1S/C7H15F2N/c1-5(2)6(3-4-10)7(8)9/h5-7H,3-4,10H2,1-2H3. The molecule has 0 fully saturated rings. The van der Waals surface area contributed by atoms with Crippen LogP contribution in [0.2, 0.25) is 0 Å². The van der Waals surface area contributed by atoms with Crippen LogP contribution in [0, 0.1) is 11.8 Å². The van der Waals surface area contributed by atoms with E-state index in [0.29, 0.717) is 13.0 Å². The SMILES string of the molecule is CC(C)C(CCN)C(F)F. The quantitative estimate of drug-likeness (QED) is 0.652. The fraction of sp³-hybridized carbons (Fsp3) is 1.00. The molecule has 0 aromatic heterocycles. The van der Waals surface area contributed by atoms with Crippen molar-refractivity contribution in [1.82, 2.24) is 0 Å². The van der Waals surface area contributed by atoms with E-state index < -0.39 is 12.3 Å². The van der Waals surface area contributed by atoms with E-state index in [2.05, 4.69) is 0 Å². The van der Waals surface area contributed by atoms with E-state index in [0.717, 1.165) is 0 Å². The van der Waals surface area contributed by atoms with Crippen molar-refractivity contribution in [3.05, 3.63) is 0 Å². The minimum atomic E-state index is -2.22. The highest BCUT2D eigenvalue weighted by Gasteiger charge is 2.22. The molecule has 0 radical (unpaired) electrons. The van der Waals surface area contributed by atoms with Crippen molar-refractivity contribution in [2.75, 3.05) is 6.54 Å². The Labute approximate surface area is 60.6 Å². The van der Waals surface area contributed by atoms with E-state index in [1.54, 1.807) is 13.8 Å². The fourth-order valence-corrected chi connectivity index (χ4v) is 0.943. The molecule has 1 nitrogen and oxygen atoms in total. The second-order valence-electron chi connectivity index (χ2n) is 2.82. The second-order valence-corrected chi connectivity index (χ2v) is 2.82. The summed E-state index contributed by atoms with van der Waals surface area (Å²) in [5.74, 6) is -0.492. The first kappa shape index (κ1) is 9.82. The van der Waals surface area contributed by atoms with Crippen molar-refractivity contribution < 1.29 is 8.78 Å². The fourth-order valence-electron chi connectivity index (χ4n) is 0.943. The van der Waals surface area contributed by atoms with Gasteiger partial charge in [-0.2, -0.15) is 0 Å². The minimum absolute atomic E-state index is 0.0311. The van der Waals surface area contributed by atoms with Gasteiger partial charge in [-0.25, -0.2) is 8.78 Å². The zero-order chi connectivity index (χ0) is 8.15. The number of nitrogens with two attached hydrogens (primary N) is 1. The Bertz CT molecular complexity index is 75.7. The summed E-state index contributed by atoms with van der Waals surface area (Å²) < 4.78 is 24.2. The largest absolute Gasteiger partial charge is 0.330 e. The molecule has 0 rings (SSSR count). The van der Waals surface area contributed by atoms with Crippen molar-refractivity contribution in [1.29, 1.82) is 0 Å². The van der Waals surface area contributed by atoms with Gasteiger partial charge in [-0.3, -0.25) is 0 Å². The van der Waals surface area contributed by atoms with Gasteiger partial charge >= 0.3 is 0 Å². The number of alkyl halides is 2. The minimum Gasteiger partial charge on any atom is -0.330 e. The molecule has 0 aliphatic carbocycles. The van der Waals surface area contributed by atoms with Crippen LogP contribution in [0.4, 0.5) is 8.78 Å². The highest BCUT2D eigenvalue weighted by Crippen LogP contribution is 2.21. The van der Waals surface area contributed by atoms with Crippen LogP contribution in [-0.2, 0) is 0 Å². The molecule has 0 saturated heterocycles. The van der Waals surface area contributed by atoms with Crippen LogP contribution in [0.5, 0.6) is 0 Å². The molecular formula is C7H15F2N. The molecule has 0 amide bonds. The van der Waals surface area contributed by atoms with Gasteiger partial charge in [0.05, 0.1) is 0 Å². The van der Waals surface area contributed by atoms with Crippen molar-refractivity contribution in [3.63, 3.8) is 0 Å². The van der Waals surface area contributed by atoms with Gasteiger partial charge in [-0.1, -0.05) is 13.8 Å². The van der Waals surface area contributed by atoms with Crippen molar-refractivity contribution >= 4 is 0 Å². The third-order valence-electron chi connectivity index (χ3n) is 1.68. The Kier molecular flexibility index (Phi) is 4.52. The Morgan fingerprint density at radius 1 is 1.30 bits per heavy atom. The molecule has 0 saturated carbocycles. The number of hydrogen-bond acceptors (Lipinski definition) is 1. The molecule has 0 heterocycles. The maximum Gasteiger partial charge on any atom is 0.241 e. The molecule has 62 valence electrons. The smallest absolute Gasteiger partial charge is 0.241 e. The highest BCUT2D eigenvalue weighted by molar-refractivity contribution is 4.65. The zero-order valence-corrected chi connectivity index (χ0v) is 6.48. The molecule has 0 aliphatic rings. The molecule has 3 heteroatoms. The Morgan fingerprint density at radius 3 is 1.90 bits per heavy atom. The van der Waals surface area contributed by atoms with Crippen LogP contribution in [0.15, 0.2) is 0 Å². The zero-order valence-electron chi connectivity index (χ0n) is 6.48. The molecule has 1 atom stereocenters. The Hall–Kier alpha value is -0.180. The molecular weight excluding hydrogens is 136 g/mol. The summed E-state index contributed by atoms with van der Waals surface area (Å²) in [5, 5.41) is 0. The summed E-state index contributed by atoms with van der Waals surface area (Å²) >= 11 is 0. The molecule has 0 spiro atoms. The van der Waals surface area contributed by atoms with Gasteiger partial charge < -0.3 is 5.73 Å². The topological polar surface area (TPSA) is 26.0 Å². The number of hydrogen-bond donors (Lipinski definition) is 1. The van der Waals surface area contributed by atoms with Crippen LogP contribution in [0.3, 0.4) is 0 Å². The van der Waals surface area contributed by atoms with Crippen LogP contribution in [0.25, 0.3) is 0 Å². The molecule has 2 N–H and O–H groups in total. The number of halogens is 2. The number of rotatable bonds is 4. The summed E-state index contributed by atoms with van der Waals surface area (Å²) in [6.07, 6.45) is -1.79. The monoisotopic (exact) mass is 151 g/mol. The average Bonchev–Trinajstić information content (AvgIpc) is 1.81. The summed E-state index contributed by atoms with van der Waals surface area (Å²) in [4.78, 5) is 0. The molecule has 0 bridgehead atoms. The Balaban J connectivity index is 3.73. The van der Waals surface area contributed by atoms with Crippen molar-refractivity contribution in [3.8, 4) is 0 Å². The first-order chi connectivity index (χ1) is 4.59. The van der Waals surface area contributed by atoms with Gasteiger partial charge in [0.1, 0.15) is 0 Å². The predicted octanol–water partition coefficient (Wildman–Crippen LogP) is 1.87. The lowest BCUT2D eigenvalue weighted by molar-refractivity contribution is 0.0485. The molecule has 10 heavy (non-hydrogen) atoms. The summed E-state index contributed by atoms with van der Waals surface area (Å²) in [6.45, 7) is 3.95. The Morgan fingerprint density at radius 2 is 1.80 bits per heavy atom. The van der Waals surface area contributed by atoms with Crippen LogP contribution in [-0.4, -0.2) is 13.0 Å².